The highest BCUT2D eigenvalue weighted by Crippen LogP contribution is 2.41. The van der Waals surface area contributed by atoms with Crippen LogP contribution in [0.15, 0.2) is 41.3 Å². The molecule has 10 heteroatoms. The van der Waals surface area contributed by atoms with Crippen molar-refractivity contribution in [1.82, 2.24) is 0 Å². The highest BCUT2D eigenvalue weighted by atomic mass is 35.5. The summed E-state index contributed by atoms with van der Waals surface area (Å²) in [5.74, 6) is 0.515. The summed E-state index contributed by atoms with van der Waals surface area (Å²) in [4.78, 5) is 14.2. The van der Waals surface area contributed by atoms with Crippen molar-refractivity contribution < 1.29 is 27.4 Å². The summed E-state index contributed by atoms with van der Waals surface area (Å²) < 4.78 is 50.0. The molecular weight excluding hydrogens is 447 g/mol. The Morgan fingerprint density at radius 3 is 2.48 bits per heavy atom. The molecule has 1 aliphatic rings. The average Bonchev–Trinajstić information content (AvgIpc) is 2.95. The predicted molar refractivity (Wildman–Crippen MR) is 112 cm³/mol. The number of benzene rings is 2. The van der Waals surface area contributed by atoms with Crippen molar-refractivity contribution in [3.05, 3.63) is 57.5 Å². The Labute approximate surface area is 179 Å². The molecule has 0 spiro atoms. The summed E-state index contributed by atoms with van der Waals surface area (Å²) >= 11 is 11.9. The van der Waals surface area contributed by atoms with E-state index in [-0.39, 0.29) is 14.9 Å². The molecule has 1 heterocycles. The Balaban J connectivity index is 1.98. The third kappa shape index (κ3) is 4.36. The van der Waals surface area contributed by atoms with Crippen LogP contribution in [-0.4, -0.2) is 24.4 Å². The standard InChI is InChI=1S/C19H13ClF3NO3S2/c1-26-12-5-3-10(15(9-12)27-2)7-16-17(25)24(18(28)29-16)11-4-6-14(20)13(8-11)19(21,22)23/h3-9H,1-2H3/b16-7-. The second kappa shape index (κ2) is 8.25. The molecule has 0 saturated carbocycles. The summed E-state index contributed by atoms with van der Waals surface area (Å²) in [5, 5.41) is -0.454. The van der Waals surface area contributed by atoms with E-state index in [2.05, 4.69) is 0 Å². The van der Waals surface area contributed by atoms with Gasteiger partial charge < -0.3 is 9.47 Å². The van der Waals surface area contributed by atoms with E-state index < -0.39 is 22.7 Å². The van der Waals surface area contributed by atoms with E-state index in [4.69, 9.17) is 33.3 Å². The van der Waals surface area contributed by atoms with Crippen LogP contribution >= 0.6 is 35.6 Å². The molecule has 29 heavy (non-hydrogen) atoms. The first-order valence-corrected chi connectivity index (χ1v) is 9.62. The van der Waals surface area contributed by atoms with Gasteiger partial charge >= 0.3 is 6.18 Å². The molecule has 4 nitrogen and oxygen atoms in total. The lowest BCUT2D eigenvalue weighted by Crippen LogP contribution is -2.27. The fourth-order valence-corrected chi connectivity index (χ4v) is 4.15. The number of rotatable bonds is 4. The molecule has 0 aliphatic carbocycles. The normalized spacial score (nSPS) is 15.9. The number of thiocarbonyl (C=S) groups is 1. The molecule has 0 N–H and O–H groups in total. The number of anilines is 1. The molecule has 0 unspecified atom stereocenters. The SMILES string of the molecule is COc1ccc(/C=C2\SC(=S)N(c3ccc(Cl)c(C(F)(F)F)c3)C2=O)c(OC)c1. The van der Waals surface area contributed by atoms with E-state index in [1.807, 2.05) is 0 Å². The van der Waals surface area contributed by atoms with Gasteiger partial charge in [-0.25, -0.2) is 0 Å². The van der Waals surface area contributed by atoms with Crippen LogP contribution < -0.4 is 14.4 Å². The molecule has 152 valence electrons. The van der Waals surface area contributed by atoms with Crippen molar-refractivity contribution in [1.29, 1.82) is 0 Å². The van der Waals surface area contributed by atoms with Crippen molar-refractivity contribution in [3.8, 4) is 11.5 Å². The van der Waals surface area contributed by atoms with Gasteiger partial charge in [0.1, 0.15) is 11.5 Å². The zero-order chi connectivity index (χ0) is 21.3. The Hall–Kier alpha value is -2.23. The molecule has 3 rings (SSSR count). The van der Waals surface area contributed by atoms with Crippen LogP contribution in [0.4, 0.5) is 18.9 Å². The summed E-state index contributed by atoms with van der Waals surface area (Å²) in [5.41, 5.74) is -0.443. The van der Waals surface area contributed by atoms with Crippen LogP contribution in [0.2, 0.25) is 5.02 Å². The van der Waals surface area contributed by atoms with Crippen molar-refractivity contribution in [3.63, 3.8) is 0 Å². The van der Waals surface area contributed by atoms with Crippen LogP contribution in [0.3, 0.4) is 0 Å². The Morgan fingerprint density at radius 2 is 1.86 bits per heavy atom. The third-order valence-electron chi connectivity index (χ3n) is 4.03. The molecule has 1 aliphatic heterocycles. The lowest BCUT2D eigenvalue weighted by atomic mass is 10.1. The van der Waals surface area contributed by atoms with E-state index >= 15 is 0 Å². The number of hydrogen-bond acceptors (Lipinski definition) is 5. The van der Waals surface area contributed by atoms with Crippen LogP contribution in [0, 0.1) is 0 Å². The first-order chi connectivity index (χ1) is 13.7. The van der Waals surface area contributed by atoms with E-state index in [0.29, 0.717) is 17.1 Å². The Kier molecular flexibility index (Phi) is 6.11. The largest absolute Gasteiger partial charge is 0.497 e. The van der Waals surface area contributed by atoms with Gasteiger partial charge in [0.25, 0.3) is 5.91 Å². The summed E-state index contributed by atoms with van der Waals surface area (Å²) in [6.07, 6.45) is -3.09. The van der Waals surface area contributed by atoms with Gasteiger partial charge in [-0.2, -0.15) is 13.2 Å². The van der Waals surface area contributed by atoms with E-state index in [0.717, 1.165) is 28.8 Å². The Bertz CT molecular complexity index is 1020. The fourth-order valence-electron chi connectivity index (χ4n) is 2.64. The summed E-state index contributed by atoms with van der Waals surface area (Å²) in [6, 6.07) is 8.28. The van der Waals surface area contributed by atoms with Crippen molar-refractivity contribution in [2.24, 2.45) is 0 Å². The highest BCUT2D eigenvalue weighted by molar-refractivity contribution is 8.27. The van der Waals surface area contributed by atoms with Crippen LogP contribution in [0.1, 0.15) is 11.1 Å². The highest BCUT2D eigenvalue weighted by Gasteiger charge is 2.37. The molecule has 2 aromatic carbocycles. The zero-order valence-electron chi connectivity index (χ0n) is 15.0. The first kappa shape index (κ1) is 21.5. The molecular formula is C19H13ClF3NO3S2. The smallest absolute Gasteiger partial charge is 0.417 e. The number of thioether (sulfide) groups is 1. The minimum atomic E-state index is -4.65. The minimum absolute atomic E-state index is 0.00526. The first-order valence-electron chi connectivity index (χ1n) is 8.02. The Morgan fingerprint density at radius 1 is 1.14 bits per heavy atom. The molecule has 1 fully saturated rings. The second-order valence-electron chi connectivity index (χ2n) is 5.79. The number of carbonyl (C=O) groups excluding carboxylic acids is 1. The maximum atomic E-state index is 13.2. The number of amides is 1. The third-order valence-corrected chi connectivity index (χ3v) is 5.67. The molecule has 0 radical (unpaired) electrons. The molecule has 0 bridgehead atoms. The topological polar surface area (TPSA) is 38.8 Å². The van der Waals surface area contributed by atoms with Crippen molar-refractivity contribution in [2.75, 3.05) is 19.1 Å². The van der Waals surface area contributed by atoms with E-state index in [1.165, 1.54) is 20.3 Å². The van der Waals surface area contributed by atoms with Crippen LogP contribution in [0.25, 0.3) is 6.08 Å². The average molecular weight is 460 g/mol. The molecule has 2 aromatic rings. The quantitative estimate of drug-likeness (QED) is 0.428. The number of alkyl halides is 3. The van der Waals surface area contributed by atoms with Gasteiger partial charge in [0.05, 0.1) is 35.4 Å². The minimum Gasteiger partial charge on any atom is -0.497 e. The summed E-state index contributed by atoms with van der Waals surface area (Å²) in [6.45, 7) is 0. The van der Waals surface area contributed by atoms with Gasteiger partial charge in [-0.05, 0) is 36.4 Å². The predicted octanol–water partition coefficient (Wildman–Crippen LogP) is 5.78. The number of nitrogens with zero attached hydrogens (tertiary/aromatic N) is 1. The van der Waals surface area contributed by atoms with Gasteiger partial charge in [-0.1, -0.05) is 35.6 Å². The molecule has 0 aromatic heterocycles. The second-order valence-corrected chi connectivity index (χ2v) is 7.87. The fraction of sp³-hybridized carbons (Fsp3) is 0.158. The lowest BCUT2D eigenvalue weighted by Gasteiger charge is -2.17. The van der Waals surface area contributed by atoms with Gasteiger partial charge in [0.15, 0.2) is 4.32 Å². The molecule has 1 saturated heterocycles. The van der Waals surface area contributed by atoms with E-state index in [1.54, 1.807) is 24.3 Å². The van der Waals surface area contributed by atoms with E-state index in [9.17, 15) is 18.0 Å². The zero-order valence-corrected chi connectivity index (χ0v) is 17.4. The summed E-state index contributed by atoms with van der Waals surface area (Å²) in [7, 11) is 2.99. The van der Waals surface area contributed by atoms with Gasteiger partial charge in [0.2, 0.25) is 0 Å². The number of halogens is 4. The maximum Gasteiger partial charge on any atom is 0.417 e. The van der Waals surface area contributed by atoms with Crippen molar-refractivity contribution >= 4 is 57.6 Å². The number of ether oxygens (including phenoxy) is 2. The number of methoxy groups -OCH3 is 2. The van der Waals surface area contributed by atoms with Crippen molar-refractivity contribution in [2.45, 2.75) is 6.18 Å². The van der Waals surface area contributed by atoms with Crippen LogP contribution in [0.5, 0.6) is 11.5 Å². The number of hydrogen-bond donors (Lipinski definition) is 0. The van der Waals surface area contributed by atoms with Gasteiger partial charge in [-0.3, -0.25) is 9.69 Å². The van der Waals surface area contributed by atoms with Gasteiger partial charge in [-0.15, -0.1) is 0 Å². The molecule has 1 amide bonds. The lowest BCUT2D eigenvalue weighted by molar-refractivity contribution is -0.137. The van der Waals surface area contributed by atoms with Gasteiger partial charge in [0, 0.05) is 11.6 Å². The number of carbonyl (C=O) groups is 1. The molecule has 0 atom stereocenters. The monoisotopic (exact) mass is 459 g/mol. The van der Waals surface area contributed by atoms with Crippen LogP contribution in [-0.2, 0) is 11.0 Å². The maximum absolute atomic E-state index is 13.2.